The summed E-state index contributed by atoms with van der Waals surface area (Å²) in [5.74, 6) is 0.594. The Morgan fingerprint density at radius 3 is 2.67 bits per heavy atom. The number of cyclic esters (lactones) is 1. The highest BCUT2D eigenvalue weighted by Crippen LogP contribution is 2.29. The molecule has 0 bridgehead atoms. The summed E-state index contributed by atoms with van der Waals surface area (Å²) in [6, 6.07) is 10.8. The normalized spacial score (nSPS) is 19.1. The van der Waals surface area contributed by atoms with Gasteiger partial charge in [-0.25, -0.2) is 14.2 Å². The van der Waals surface area contributed by atoms with Crippen LogP contribution in [-0.4, -0.2) is 61.4 Å². The molecule has 2 fully saturated rings. The maximum atomic E-state index is 14.9. The molecule has 1 atom stereocenters. The number of carbonyl (C=O) groups excluding carboxylic acids is 1. The van der Waals surface area contributed by atoms with Crippen LogP contribution in [0.3, 0.4) is 0 Å². The second kappa shape index (κ2) is 8.83. The molecule has 7 nitrogen and oxygen atoms in total. The lowest BCUT2D eigenvalue weighted by Crippen LogP contribution is -2.47. The number of nitrogens with zero attached hydrogens (tertiary/aromatic N) is 4. The van der Waals surface area contributed by atoms with Gasteiger partial charge in [0, 0.05) is 32.4 Å². The van der Waals surface area contributed by atoms with E-state index in [-0.39, 0.29) is 11.9 Å². The zero-order chi connectivity index (χ0) is 21.1. The van der Waals surface area contributed by atoms with Crippen LogP contribution in [0, 0.1) is 5.82 Å². The minimum Gasteiger partial charge on any atom is -0.442 e. The molecule has 2 aromatic rings. The first-order chi connectivity index (χ1) is 14.5. The third-order valence-corrected chi connectivity index (χ3v) is 5.43. The van der Waals surface area contributed by atoms with E-state index in [1.807, 2.05) is 23.1 Å². The van der Waals surface area contributed by atoms with E-state index in [9.17, 15) is 9.18 Å². The van der Waals surface area contributed by atoms with Gasteiger partial charge in [-0.3, -0.25) is 4.90 Å². The summed E-state index contributed by atoms with van der Waals surface area (Å²) in [7, 11) is 0. The average Bonchev–Trinajstić information content (AvgIpc) is 3.13. The van der Waals surface area contributed by atoms with Gasteiger partial charge in [-0.1, -0.05) is 18.3 Å². The van der Waals surface area contributed by atoms with Crippen molar-refractivity contribution in [2.45, 2.75) is 13.0 Å². The van der Waals surface area contributed by atoms with Crippen molar-refractivity contribution in [2.75, 3.05) is 54.0 Å². The van der Waals surface area contributed by atoms with Crippen molar-refractivity contribution >= 4 is 40.5 Å². The van der Waals surface area contributed by atoms with Gasteiger partial charge >= 0.3 is 6.09 Å². The number of carbonyl (C=O) groups is 1. The lowest BCUT2D eigenvalue weighted by Gasteiger charge is -2.37. The van der Waals surface area contributed by atoms with Crippen molar-refractivity contribution in [2.24, 2.45) is 0 Å². The Labute approximate surface area is 180 Å². The largest absolute Gasteiger partial charge is 0.442 e. The molecule has 0 unspecified atom stereocenters. The van der Waals surface area contributed by atoms with Crippen molar-refractivity contribution in [1.29, 1.82) is 0 Å². The molecule has 9 heteroatoms. The number of rotatable bonds is 5. The van der Waals surface area contributed by atoms with Crippen LogP contribution < -0.4 is 20.0 Å². The highest BCUT2D eigenvalue weighted by atomic mass is 32.1. The highest BCUT2D eigenvalue weighted by Gasteiger charge is 2.33. The number of hydrogen-bond acceptors (Lipinski definition) is 6. The second-order valence-electron chi connectivity index (χ2n) is 7.35. The van der Waals surface area contributed by atoms with E-state index < -0.39 is 6.09 Å². The summed E-state index contributed by atoms with van der Waals surface area (Å²) in [5, 5.41) is 3.00. The first kappa shape index (κ1) is 20.3. The molecular formula is C21H24FN5O2S. The molecule has 0 saturated carbocycles. The van der Waals surface area contributed by atoms with E-state index in [1.54, 1.807) is 25.3 Å². The summed E-state index contributed by atoms with van der Waals surface area (Å²) in [5.41, 5.74) is 1.04. The Morgan fingerprint density at radius 2 is 2.00 bits per heavy atom. The maximum absolute atomic E-state index is 14.9. The van der Waals surface area contributed by atoms with Crippen LogP contribution in [-0.2, 0) is 4.74 Å². The van der Waals surface area contributed by atoms with E-state index in [4.69, 9.17) is 17.0 Å². The summed E-state index contributed by atoms with van der Waals surface area (Å²) >= 11 is 4.99. The number of ether oxygens (including phenoxy) is 1. The lowest BCUT2D eigenvalue weighted by atomic mass is 10.2. The number of piperazine rings is 1. The van der Waals surface area contributed by atoms with E-state index in [1.165, 1.54) is 11.0 Å². The zero-order valence-electron chi connectivity index (χ0n) is 16.8. The molecule has 30 heavy (non-hydrogen) atoms. The Hall–Kier alpha value is -2.94. The molecule has 1 amide bonds. The fraction of sp³-hybridized carbons (Fsp3) is 0.381. The molecule has 3 heterocycles. The fourth-order valence-electron chi connectivity index (χ4n) is 3.73. The predicted molar refractivity (Wildman–Crippen MR) is 119 cm³/mol. The number of anilines is 3. The Kier molecular flexibility index (Phi) is 5.98. The molecule has 1 N–H and O–H groups in total. The topological polar surface area (TPSA) is 60.9 Å². The summed E-state index contributed by atoms with van der Waals surface area (Å²) in [6.07, 6.45) is 0.985. The van der Waals surface area contributed by atoms with Gasteiger partial charge < -0.3 is 19.9 Å². The maximum Gasteiger partial charge on any atom is 0.414 e. The number of benzene rings is 1. The van der Waals surface area contributed by atoms with Crippen molar-refractivity contribution in [3.05, 3.63) is 48.4 Å². The zero-order valence-corrected chi connectivity index (χ0v) is 17.6. The number of hydrogen-bond donors (Lipinski definition) is 1. The minimum atomic E-state index is -0.472. The molecule has 2 saturated heterocycles. The van der Waals surface area contributed by atoms with Gasteiger partial charge in [0.05, 0.1) is 29.5 Å². The second-order valence-corrected chi connectivity index (χ2v) is 7.96. The van der Waals surface area contributed by atoms with Crippen molar-refractivity contribution in [3.8, 4) is 0 Å². The van der Waals surface area contributed by atoms with Gasteiger partial charge in [-0.05, 0) is 37.3 Å². The quantitative estimate of drug-likeness (QED) is 0.734. The minimum absolute atomic E-state index is 0.321. The third-order valence-electron chi connectivity index (χ3n) is 5.29. The van der Waals surface area contributed by atoms with Crippen molar-refractivity contribution in [1.82, 2.24) is 10.3 Å². The molecule has 2 aliphatic heterocycles. The van der Waals surface area contributed by atoms with Crippen LogP contribution in [0.4, 0.5) is 26.4 Å². The van der Waals surface area contributed by atoms with Gasteiger partial charge in [0.25, 0.3) is 0 Å². The summed E-state index contributed by atoms with van der Waals surface area (Å²) in [6.45, 7) is 5.50. The number of nitrogens with one attached hydrogen (secondary N) is 1. The van der Waals surface area contributed by atoms with Crippen LogP contribution in [0.2, 0.25) is 0 Å². The van der Waals surface area contributed by atoms with Gasteiger partial charge in [0.15, 0.2) is 0 Å². The molecule has 1 aromatic heterocycles. The van der Waals surface area contributed by atoms with Gasteiger partial charge in [-0.15, -0.1) is 0 Å². The van der Waals surface area contributed by atoms with Crippen LogP contribution >= 0.6 is 12.2 Å². The average molecular weight is 430 g/mol. The molecular weight excluding hydrogens is 405 g/mol. The molecule has 0 aliphatic carbocycles. The lowest BCUT2D eigenvalue weighted by molar-refractivity contribution is 0.143. The Morgan fingerprint density at radius 1 is 1.23 bits per heavy atom. The first-order valence-corrected chi connectivity index (χ1v) is 10.3. The van der Waals surface area contributed by atoms with E-state index >= 15 is 0 Å². The molecule has 1 aromatic carbocycles. The Balaban J connectivity index is 1.39. The van der Waals surface area contributed by atoms with E-state index in [2.05, 4.69) is 15.2 Å². The summed E-state index contributed by atoms with van der Waals surface area (Å²) < 4.78 is 20.3. The molecule has 4 rings (SSSR count). The fourth-order valence-corrected chi connectivity index (χ4v) is 3.82. The molecule has 0 radical (unpaired) electrons. The number of pyridine rings is 1. The summed E-state index contributed by atoms with van der Waals surface area (Å²) in [4.78, 5) is 22.9. The van der Waals surface area contributed by atoms with E-state index in [0.717, 1.165) is 18.9 Å². The SMILES string of the molecule is CC(=S)NC[C@H]1CN(c2ccc(N3CCN(c4ccccn4)CC3)c(F)c2)C(=O)O1. The molecule has 158 valence electrons. The van der Waals surface area contributed by atoms with Crippen LogP contribution in [0.5, 0.6) is 0 Å². The number of aromatic nitrogens is 1. The molecule has 0 spiro atoms. The smallest absolute Gasteiger partial charge is 0.414 e. The van der Waals surface area contributed by atoms with Crippen molar-refractivity contribution in [3.63, 3.8) is 0 Å². The van der Waals surface area contributed by atoms with Crippen LogP contribution in [0.15, 0.2) is 42.6 Å². The standard InChI is InChI=1S/C21H24FN5O2S/c1-15(30)24-13-17-14-27(21(28)29-17)16-5-6-19(18(22)12-16)25-8-10-26(11-9-25)20-4-2-3-7-23-20/h2-7,12,17H,8-11,13-14H2,1H3,(H,24,30)/t17-/m0/s1. The van der Waals surface area contributed by atoms with Gasteiger partial charge in [-0.2, -0.15) is 0 Å². The third kappa shape index (κ3) is 4.46. The first-order valence-electron chi connectivity index (χ1n) is 9.94. The van der Waals surface area contributed by atoms with Crippen molar-refractivity contribution < 1.29 is 13.9 Å². The number of thiocarbonyl (C=S) groups is 1. The highest BCUT2D eigenvalue weighted by molar-refractivity contribution is 7.80. The Bertz CT molecular complexity index is 921. The number of halogens is 1. The molecule has 2 aliphatic rings. The predicted octanol–water partition coefficient (Wildman–Crippen LogP) is 2.81. The monoisotopic (exact) mass is 429 g/mol. The van der Waals surface area contributed by atoms with Gasteiger partial charge in [0.1, 0.15) is 17.7 Å². The van der Waals surface area contributed by atoms with E-state index in [0.29, 0.717) is 42.5 Å². The van der Waals surface area contributed by atoms with Gasteiger partial charge in [0.2, 0.25) is 0 Å². The number of amides is 1. The van der Waals surface area contributed by atoms with Crippen LogP contribution in [0.25, 0.3) is 0 Å². The van der Waals surface area contributed by atoms with Crippen LogP contribution in [0.1, 0.15) is 6.92 Å².